The summed E-state index contributed by atoms with van der Waals surface area (Å²) >= 11 is 0. The zero-order valence-electron chi connectivity index (χ0n) is 7.81. The quantitative estimate of drug-likeness (QED) is 0.585. The molecule has 2 fully saturated rings. The molecule has 1 heterocycles. The van der Waals surface area contributed by atoms with Crippen LogP contribution in [0.25, 0.3) is 0 Å². The summed E-state index contributed by atoms with van der Waals surface area (Å²) in [5.74, 6) is 0. The molecule has 2 rings (SSSR count). The summed E-state index contributed by atoms with van der Waals surface area (Å²) in [6, 6.07) is 0.942. The van der Waals surface area contributed by atoms with E-state index in [2.05, 4.69) is 16.0 Å². The number of amides is 2. The Morgan fingerprint density at radius 1 is 1.38 bits per heavy atom. The first kappa shape index (κ1) is 8.81. The minimum absolute atomic E-state index is 0.00352. The number of carbonyl (C=O) groups excluding carboxylic acids is 1. The van der Waals surface area contributed by atoms with Gasteiger partial charge in [0, 0.05) is 18.6 Å². The molecule has 0 spiro atoms. The van der Waals surface area contributed by atoms with Gasteiger partial charge in [-0.25, -0.2) is 4.79 Å². The predicted octanol–water partition coefficient (Wildman–Crippen LogP) is 0.200. The summed E-state index contributed by atoms with van der Waals surface area (Å²) in [6.07, 6.45) is 4.71. The average molecular weight is 183 g/mol. The van der Waals surface area contributed by atoms with Gasteiger partial charge in [-0.1, -0.05) is 0 Å². The standard InChI is InChI=1S/C9H17N3O/c13-9(12-7-3-4-7)11-6-8-2-1-5-10-8/h7-8,10H,1-6H2,(H2,11,12,13). The maximum atomic E-state index is 11.2. The van der Waals surface area contributed by atoms with E-state index in [4.69, 9.17) is 0 Å². The topological polar surface area (TPSA) is 53.2 Å². The van der Waals surface area contributed by atoms with Crippen LogP contribution in [-0.4, -0.2) is 31.2 Å². The highest BCUT2D eigenvalue weighted by Gasteiger charge is 2.23. The molecule has 0 aromatic heterocycles. The Labute approximate surface area is 78.5 Å². The van der Waals surface area contributed by atoms with E-state index < -0.39 is 0 Å². The first-order chi connectivity index (χ1) is 6.34. The maximum absolute atomic E-state index is 11.2. The molecule has 4 heteroatoms. The molecule has 13 heavy (non-hydrogen) atoms. The van der Waals surface area contributed by atoms with E-state index in [1.807, 2.05) is 0 Å². The fraction of sp³-hybridized carbons (Fsp3) is 0.889. The summed E-state index contributed by atoms with van der Waals surface area (Å²) in [5.41, 5.74) is 0. The van der Waals surface area contributed by atoms with E-state index in [0.717, 1.165) is 25.9 Å². The van der Waals surface area contributed by atoms with Gasteiger partial charge in [0.25, 0.3) is 0 Å². The van der Waals surface area contributed by atoms with Gasteiger partial charge in [0.2, 0.25) is 0 Å². The molecule has 1 unspecified atom stereocenters. The van der Waals surface area contributed by atoms with Crippen LogP contribution in [0.15, 0.2) is 0 Å². The fourth-order valence-electron chi connectivity index (χ4n) is 1.61. The van der Waals surface area contributed by atoms with Gasteiger partial charge >= 0.3 is 6.03 Å². The third-order valence-corrected chi connectivity index (χ3v) is 2.58. The maximum Gasteiger partial charge on any atom is 0.315 e. The van der Waals surface area contributed by atoms with Crippen molar-refractivity contribution < 1.29 is 4.79 Å². The van der Waals surface area contributed by atoms with E-state index in [1.165, 1.54) is 12.8 Å². The van der Waals surface area contributed by atoms with Crippen LogP contribution in [-0.2, 0) is 0 Å². The Hall–Kier alpha value is -0.770. The number of hydrogen-bond acceptors (Lipinski definition) is 2. The largest absolute Gasteiger partial charge is 0.337 e. The van der Waals surface area contributed by atoms with Gasteiger partial charge in [-0.3, -0.25) is 0 Å². The summed E-state index contributed by atoms with van der Waals surface area (Å²) in [6.45, 7) is 1.86. The van der Waals surface area contributed by atoms with Crippen LogP contribution in [0.5, 0.6) is 0 Å². The Kier molecular flexibility index (Phi) is 2.68. The van der Waals surface area contributed by atoms with Crippen molar-refractivity contribution >= 4 is 6.03 Å². The summed E-state index contributed by atoms with van der Waals surface area (Å²) in [7, 11) is 0. The number of nitrogens with one attached hydrogen (secondary N) is 3. The van der Waals surface area contributed by atoms with Gasteiger partial charge in [0.05, 0.1) is 0 Å². The molecule has 1 aliphatic carbocycles. The lowest BCUT2D eigenvalue weighted by molar-refractivity contribution is 0.239. The van der Waals surface area contributed by atoms with Crippen LogP contribution in [0.1, 0.15) is 25.7 Å². The van der Waals surface area contributed by atoms with Crippen LogP contribution in [0.4, 0.5) is 4.79 Å². The van der Waals surface area contributed by atoms with Crippen molar-refractivity contribution in [3.8, 4) is 0 Å². The van der Waals surface area contributed by atoms with Crippen molar-refractivity contribution in [3.63, 3.8) is 0 Å². The van der Waals surface area contributed by atoms with Crippen molar-refractivity contribution in [2.24, 2.45) is 0 Å². The third kappa shape index (κ3) is 2.88. The first-order valence-electron chi connectivity index (χ1n) is 5.12. The molecule has 0 aromatic carbocycles. The van der Waals surface area contributed by atoms with Crippen LogP contribution < -0.4 is 16.0 Å². The fourth-order valence-corrected chi connectivity index (χ4v) is 1.61. The van der Waals surface area contributed by atoms with Crippen molar-refractivity contribution in [2.75, 3.05) is 13.1 Å². The Bertz CT molecular complexity index is 185. The molecule has 1 aliphatic heterocycles. The molecule has 2 aliphatic rings. The SMILES string of the molecule is O=C(NCC1CCCN1)NC1CC1. The van der Waals surface area contributed by atoms with Crippen molar-refractivity contribution in [3.05, 3.63) is 0 Å². The lowest BCUT2D eigenvalue weighted by Crippen LogP contribution is -2.43. The zero-order chi connectivity index (χ0) is 9.10. The molecule has 4 nitrogen and oxygen atoms in total. The Morgan fingerprint density at radius 3 is 2.85 bits per heavy atom. The second-order valence-electron chi connectivity index (χ2n) is 3.92. The van der Waals surface area contributed by atoms with Gasteiger partial charge in [-0.15, -0.1) is 0 Å². The van der Waals surface area contributed by atoms with Crippen LogP contribution >= 0.6 is 0 Å². The molecule has 2 amide bonds. The molecular formula is C9H17N3O. The normalized spacial score (nSPS) is 27.2. The summed E-state index contributed by atoms with van der Waals surface area (Å²) in [5, 5.41) is 9.12. The van der Waals surface area contributed by atoms with Gasteiger partial charge in [0.1, 0.15) is 0 Å². The lowest BCUT2D eigenvalue weighted by Gasteiger charge is -2.11. The number of hydrogen-bond donors (Lipinski definition) is 3. The molecular weight excluding hydrogens is 166 g/mol. The number of carbonyl (C=O) groups is 1. The van der Waals surface area contributed by atoms with Crippen molar-refractivity contribution in [1.29, 1.82) is 0 Å². The second-order valence-corrected chi connectivity index (χ2v) is 3.92. The van der Waals surface area contributed by atoms with Gasteiger partial charge < -0.3 is 16.0 Å². The molecule has 0 radical (unpaired) electrons. The molecule has 74 valence electrons. The smallest absolute Gasteiger partial charge is 0.315 e. The Balaban J connectivity index is 1.57. The number of rotatable bonds is 3. The van der Waals surface area contributed by atoms with Gasteiger partial charge in [-0.2, -0.15) is 0 Å². The molecule has 3 N–H and O–H groups in total. The Morgan fingerprint density at radius 2 is 2.23 bits per heavy atom. The van der Waals surface area contributed by atoms with Crippen LogP contribution in [0.3, 0.4) is 0 Å². The second kappa shape index (κ2) is 3.96. The molecule has 1 saturated heterocycles. The van der Waals surface area contributed by atoms with Crippen molar-refractivity contribution in [1.82, 2.24) is 16.0 Å². The van der Waals surface area contributed by atoms with Crippen molar-refractivity contribution in [2.45, 2.75) is 37.8 Å². The molecule has 1 atom stereocenters. The number of urea groups is 1. The predicted molar refractivity (Wildman–Crippen MR) is 50.6 cm³/mol. The van der Waals surface area contributed by atoms with Gasteiger partial charge in [0.15, 0.2) is 0 Å². The molecule has 1 saturated carbocycles. The monoisotopic (exact) mass is 183 g/mol. The first-order valence-corrected chi connectivity index (χ1v) is 5.12. The minimum atomic E-state index is -0.00352. The third-order valence-electron chi connectivity index (χ3n) is 2.58. The highest BCUT2D eigenvalue weighted by Crippen LogP contribution is 2.18. The van der Waals surface area contributed by atoms with Crippen LogP contribution in [0.2, 0.25) is 0 Å². The minimum Gasteiger partial charge on any atom is -0.337 e. The van der Waals surface area contributed by atoms with Crippen LogP contribution in [0, 0.1) is 0 Å². The van der Waals surface area contributed by atoms with Gasteiger partial charge in [-0.05, 0) is 32.2 Å². The van der Waals surface area contributed by atoms with E-state index in [-0.39, 0.29) is 6.03 Å². The van der Waals surface area contributed by atoms with E-state index in [9.17, 15) is 4.79 Å². The van der Waals surface area contributed by atoms with E-state index in [1.54, 1.807) is 0 Å². The van der Waals surface area contributed by atoms with E-state index >= 15 is 0 Å². The summed E-state index contributed by atoms with van der Waals surface area (Å²) in [4.78, 5) is 11.2. The van der Waals surface area contributed by atoms with E-state index in [0.29, 0.717) is 12.1 Å². The molecule has 0 bridgehead atoms. The summed E-state index contributed by atoms with van der Waals surface area (Å²) < 4.78 is 0. The zero-order valence-corrected chi connectivity index (χ0v) is 7.81. The lowest BCUT2D eigenvalue weighted by atomic mass is 10.2. The average Bonchev–Trinajstić information content (AvgIpc) is 2.78. The molecule has 0 aromatic rings. The highest BCUT2D eigenvalue weighted by atomic mass is 16.2. The highest BCUT2D eigenvalue weighted by molar-refractivity contribution is 5.74.